The number of ether oxygens (including phenoxy) is 3. The van der Waals surface area contributed by atoms with E-state index in [2.05, 4.69) is 21.2 Å². The Morgan fingerprint density at radius 2 is 1.58 bits per heavy atom. The summed E-state index contributed by atoms with van der Waals surface area (Å²) in [5.74, 6) is 0.147. The third-order valence-electron chi connectivity index (χ3n) is 2.91. The average molecular weight is 394 g/mol. The number of nitrogens with one attached hydrogen (secondary N) is 1. The van der Waals surface area contributed by atoms with Gasteiger partial charge in [0.05, 0.1) is 7.11 Å². The Kier molecular flexibility index (Phi) is 6.62. The number of hydrogen-bond acceptors (Lipinski definition) is 5. The zero-order valence-electron chi connectivity index (χ0n) is 13.0. The molecular formula is C17H16BrNO5. The minimum Gasteiger partial charge on any atom is -0.497 e. The second-order valence-corrected chi connectivity index (χ2v) is 5.60. The molecule has 1 N–H and O–H groups in total. The van der Waals surface area contributed by atoms with E-state index in [1.165, 1.54) is 0 Å². The fourth-order valence-corrected chi connectivity index (χ4v) is 2.00. The van der Waals surface area contributed by atoms with Crippen molar-refractivity contribution in [2.75, 3.05) is 25.6 Å². The van der Waals surface area contributed by atoms with Crippen LogP contribution < -0.4 is 14.8 Å². The van der Waals surface area contributed by atoms with E-state index in [0.717, 1.165) is 4.47 Å². The van der Waals surface area contributed by atoms with E-state index in [4.69, 9.17) is 14.2 Å². The summed E-state index contributed by atoms with van der Waals surface area (Å²) in [6.45, 7) is -0.654. The number of benzene rings is 2. The molecule has 0 atom stereocenters. The van der Waals surface area contributed by atoms with Crippen molar-refractivity contribution in [3.05, 3.63) is 53.0 Å². The largest absolute Gasteiger partial charge is 0.497 e. The first-order chi connectivity index (χ1) is 11.6. The minimum atomic E-state index is -0.628. The molecule has 0 bridgehead atoms. The van der Waals surface area contributed by atoms with Gasteiger partial charge in [0.25, 0.3) is 5.91 Å². The first-order valence-electron chi connectivity index (χ1n) is 7.05. The van der Waals surface area contributed by atoms with Crippen LogP contribution in [0.1, 0.15) is 0 Å². The maximum atomic E-state index is 11.7. The van der Waals surface area contributed by atoms with Gasteiger partial charge in [0.2, 0.25) is 0 Å². The van der Waals surface area contributed by atoms with Crippen LogP contribution in [0.4, 0.5) is 5.69 Å². The number of rotatable bonds is 7. The lowest BCUT2D eigenvalue weighted by atomic mass is 10.3. The van der Waals surface area contributed by atoms with E-state index >= 15 is 0 Å². The van der Waals surface area contributed by atoms with Crippen LogP contribution in [0.3, 0.4) is 0 Å². The summed E-state index contributed by atoms with van der Waals surface area (Å²) in [6.07, 6.45) is 0. The summed E-state index contributed by atoms with van der Waals surface area (Å²) in [4.78, 5) is 23.3. The minimum absolute atomic E-state index is 0.280. The van der Waals surface area contributed by atoms with Gasteiger partial charge in [-0.05, 0) is 48.5 Å². The van der Waals surface area contributed by atoms with Gasteiger partial charge in [-0.1, -0.05) is 15.9 Å². The molecule has 0 radical (unpaired) electrons. The fraction of sp³-hybridized carbons (Fsp3) is 0.176. The molecule has 0 aromatic heterocycles. The Morgan fingerprint density at radius 1 is 0.958 bits per heavy atom. The smallest absolute Gasteiger partial charge is 0.344 e. The first-order valence-corrected chi connectivity index (χ1v) is 7.84. The number of esters is 1. The van der Waals surface area contributed by atoms with Gasteiger partial charge in [-0.15, -0.1) is 0 Å². The molecule has 0 spiro atoms. The topological polar surface area (TPSA) is 73.9 Å². The lowest BCUT2D eigenvalue weighted by molar-refractivity contribution is -0.149. The highest BCUT2D eigenvalue weighted by molar-refractivity contribution is 9.10. The van der Waals surface area contributed by atoms with Gasteiger partial charge in [-0.2, -0.15) is 0 Å². The molecule has 2 aromatic carbocycles. The third-order valence-corrected chi connectivity index (χ3v) is 3.44. The van der Waals surface area contributed by atoms with Gasteiger partial charge in [-0.25, -0.2) is 4.79 Å². The third kappa shape index (κ3) is 5.92. The summed E-state index contributed by atoms with van der Waals surface area (Å²) in [5.41, 5.74) is 0.619. The molecule has 0 aliphatic carbocycles. The molecule has 7 heteroatoms. The Bertz CT molecular complexity index is 685. The number of carbonyl (C=O) groups excluding carboxylic acids is 2. The van der Waals surface area contributed by atoms with Crippen LogP contribution in [-0.4, -0.2) is 32.2 Å². The molecule has 126 valence electrons. The predicted molar refractivity (Wildman–Crippen MR) is 92.2 cm³/mol. The van der Waals surface area contributed by atoms with E-state index in [1.807, 2.05) is 0 Å². The Balaban J connectivity index is 1.70. The van der Waals surface area contributed by atoms with E-state index in [-0.39, 0.29) is 13.2 Å². The normalized spacial score (nSPS) is 9.92. The molecule has 0 heterocycles. The Labute approximate surface area is 147 Å². The van der Waals surface area contributed by atoms with Crippen LogP contribution in [0.25, 0.3) is 0 Å². The van der Waals surface area contributed by atoms with Gasteiger partial charge in [0.15, 0.2) is 13.2 Å². The molecule has 6 nitrogen and oxygen atoms in total. The van der Waals surface area contributed by atoms with Gasteiger partial charge in [-0.3, -0.25) is 4.79 Å². The highest BCUT2D eigenvalue weighted by Crippen LogP contribution is 2.17. The van der Waals surface area contributed by atoms with Crippen LogP contribution in [0.5, 0.6) is 11.5 Å². The Hall–Kier alpha value is -2.54. The zero-order valence-corrected chi connectivity index (χ0v) is 14.5. The van der Waals surface area contributed by atoms with Gasteiger partial charge >= 0.3 is 5.97 Å². The highest BCUT2D eigenvalue weighted by Gasteiger charge is 2.09. The van der Waals surface area contributed by atoms with Crippen molar-refractivity contribution >= 4 is 33.5 Å². The lowest BCUT2D eigenvalue weighted by Gasteiger charge is -2.08. The molecule has 2 rings (SSSR count). The van der Waals surface area contributed by atoms with E-state index < -0.39 is 11.9 Å². The number of methoxy groups -OCH3 is 1. The Morgan fingerprint density at radius 3 is 2.21 bits per heavy atom. The van der Waals surface area contributed by atoms with Gasteiger partial charge in [0.1, 0.15) is 11.5 Å². The van der Waals surface area contributed by atoms with Crippen molar-refractivity contribution in [1.82, 2.24) is 0 Å². The summed E-state index contributed by atoms with van der Waals surface area (Å²) >= 11 is 3.30. The zero-order chi connectivity index (χ0) is 17.4. The van der Waals surface area contributed by atoms with Crippen molar-refractivity contribution in [1.29, 1.82) is 0 Å². The molecule has 2 aromatic rings. The van der Waals surface area contributed by atoms with Gasteiger partial charge < -0.3 is 19.5 Å². The number of amides is 1. The summed E-state index contributed by atoms with van der Waals surface area (Å²) in [5, 5.41) is 2.62. The highest BCUT2D eigenvalue weighted by atomic mass is 79.9. The monoisotopic (exact) mass is 393 g/mol. The number of anilines is 1. The second-order valence-electron chi connectivity index (χ2n) is 4.68. The van der Waals surface area contributed by atoms with Crippen LogP contribution in [0, 0.1) is 0 Å². The van der Waals surface area contributed by atoms with Crippen LogP contribution in [0.15, 0.2) is 53.0 Å². The first kappa shape index (κ1) is 17.8. The molecule has 0 fully saturated rings. The van der Waals surface area contributed by atoms with Crippen molar-refractivity contribution < 1.29 is 23.8 Å². The van der Waals surface area contributed by atoms with Crippen LogP contribution >= 0.6 is 15.9 Å². The van der Waals surface area contributed by atoms with E-state index in [9.17, 15) is 9.59 Å². The molecule has 0 aliphatic rings. The quantitative estimate of drug-likeness (QED) is 0.731. The standard InChI is InChI=1S/C17H16BrNO5/c1-22-14-6-8-15(9-7-14)23-11-17(21)24-10-16(20)19-13-4-2-12(18)3-5-13/h2-9H,10-11H2,1H3,(H,19,20). The van der Waals surface area contributed by atoms with Crippen molar-refractivity contribution in [2.24, 2.45) is 0 Å². The van der Waals surface area contributed by atoms with Crippen molar-refractivity contribution in [3.63, 3.8) is 0 Å². The van der Waals surface area contributed by atoms with Crippen LogP contribution in [0.2, 0.25) is 0 Å². The van der Waals surface area contributed by atoms with Crippen molar-refractivity contribution in [3.8, 4) is 11.5 Å². The average Bonchev–Trinajstić information content (AvgIpc) is 2.60. The second kappa shape index (κ2) is 8.93. The fourth-order valence-electron chi connectivity index (χ4n) is 1.73. The predicted octanol–water partition coefficient (Wildman–Crippen LogP) is 3.02. The summed E-state index contributed by atoms with van der Waals surface area (Å²) in [6, 6.07) is 13.8. The maximum absolute atomic E-state index is 11.7. The van der Waals surface area contributed by atoms with Gasteiger partial charge in [0, 0.05) is 10.2 Å². The molecule has 0 aliphatic heterocycles. The maximum Gasteiger partial charge on any atom is 0.344 e. The molecule has 0 saturated carbocycles. The molecule has 0 saturated heterocycles. The molecular weight excluding hydrogens is 378 g/mol. The molecule has 0 unspecified atom stereocenters. The molecule has 24 heavy (non-hydrogen) atoms. The summed E-state index contributed by atoms with van der Waals surface area (Å²) < 4.78 is 16.0. The number of carbonyl (C=O) groups is 2. The van der Waals surface area contributed by atoms with E-state index in [1.54, 1.807) is 55.6 Å². The van der Waals surface area contributed by atoms with Crippen LogP contribution in [-0.2, 0) is 14.3 Å². The number of hydrogen-bond donors (Lipinski definition) is 1. The SMILES string of the molecule is COc1ccc(OCC(=O)OCC(=O)Nc2ccc(Br)cc2)cc1. The number of halogens is 1. The van der Waals surface area contributed by atoms with Crippen molar-refractivity contribution in [2.45, 2.75) is 0 Å². The van der Waals surface area contributed by atoms with E-state index in [0.29, 0.717) is 17.2 Å². The lowest BCUT2D eigenvalue weighted by Crippen LogP contribution is -2.23. The molecule has 1 amide bonds. The summed E-state index contributed by atoms with van der Waals surface area (Å²) in [7, 11) is 1.56.